The lowest BCUT2D eigenvalue weighted by Crippen LogP contribution is -2.33. The van der Waals surface area contributed by atoms with Gasteiger partial charge in [0.25, 0.3) is 0 Å². The Bertz CT molecular complexity index is 881. The molecule has 0 saturated heterocycles. The van der Waals surface area contributed by atoms with Crippen LogP contribution in [-0.2, 0) is 0 Å². The third kappa shape index (κ3) is 4.31. The molecule has 0 saturated carbocycles. The van der Waals surface area contributed by atoms with Gasteiger partial charge in [-0.05, 0) is 48.7 Å². The number of anilines is 1. The topological polar surface area (TPSA) is 81.1 Å². The van der Waals surface area contributed by atoms with Crippen molar-refractivity contribution in [1.29, 1.82) is 0 Å². The van der Waals surface area contributed by atoms with Gasteiger partial charge in [-0.25, -0.2) is 13.2 Å². The van der Waals surface area contributed by atoms with Gasteiger partial charge in [0, 0.05) is 35.8 Å². The van der Waals surface area contributed by atoms with E-state index in [1.807, 2.05) is 6.08 Å². The number of nitrogens with one attached hydrogen (secondary N) is 1. The molecule has 4 nitrogen and oxygen atoms in total. The number of primary amides is 1. The maximum Gasteiger partial charge on any atom is 0.248 e. The van der Waals surface area contributed by atoms with E-state index in [-0.39, 0.29) is 5.56 Å². The first-order valence-electron chi connectivity index (χ1n) is 8.57. The molecule has 0 spiro atoms. The number of carbonyl (C=O) groups is 1. The number of amides is 1. The maximum absolute atomic E-state index is 14.0. The van der Waals surface area contributed by atoms with Crippen LogP contribution in [0.4, 0.5) is 18.9 Å². The zero-order valence-electron chi connectivity index (χ0n) is 14.5. The van der Waals surface area contributed by atoms with E-state index in [9.17, 15) is 18.0 Å². The summed E-state index contributed by atoms with van der Waals surface area (Å²) < 4.78 is 40.6. The molecule has 1 aliphatic rings. The number of hydrogen-bond donors (Lipinski definition) is 3. The number of halogens is 3. The second-order valence-electron chi connectivity index (χ2n) is 6.66. The number of nitrogens with two attached hydrogens (primary N) is 2. The highest BCUT2D eigenvalue weighted by Crippen LogP contribution is 2.33. The van der Waals surface area contributed by atoms with E-state index in [1.54, 1.807) is 24.3 Å². The summed E-state index contributed by atoms with van der Waals surface area (Å²) in [5, 5.41) is 3.22. The van der Waals surface area contributed by atoms with Crippen molar-refractivity contribution in [3.8, 4) is 0 Å². The van der Waals surface area contributed by atoms with Gasteiger partial charge in [0.1, 0.15) is 5.82 Å². The number of rotatable bonds is 5. The molecule has 0 aromatic heterocycles. The van der Waals surface area contributed by atoms with Gasteiger partial charge in [-0.2, -0.15) is 0 Å². The lowest BCUT2D eigenvalue weighted by Gasteiger charge is -2.29. The third-order valence-electron chi connectivity index (χ3n) is 4.80. The molecule has 27 heavy (non-hydrogen) atoms. The van der Waals surface area contributed by atoms with E-state index in [1.165, 1.54) is 0 Å². The highest BCUT2D eigenvalue weighted by molar-refractivity contribution is 5.93. The minimum atomic E-state index is -1.21. The van der Waals surface area contributed by atoms with Crippen LogP contribution >= 0.6 is 0 Å². The van der Waals surface area contributed by atoms with Gasteiger partial charge in [0.2, 0.25) is 5.91 Å². The minimum absolute atomic E-state index is 0.103. The van der Waals surface area contributed by atoms with E-state index >= 15 is 0 Å². The molecular weight excluding hydrogens is 355 g/mol. The SMILES string of the molecule is NC(=O)c1ccc(NCC2=CC[C@@H](c3cc(F)c(F)cc3F)[C@H](N)C2)cc1. The summed E-state index contributed by atoms with van der Waals surface area (Å²) in [5.41, 5.74) is 13.8. The average Bonchev–Trinajstić information content (AvgIpc) is 2.64. The predicted molar refractivity (Wildman–Crippen MR) is 97.8 cm³/mol. The molecule has 2 atom stereocenters. The van der Waals surface area contributed by atoms with E-state index in [2.05, 4.69) is 5.32 Å². The van der Waals surface area contributed by atoms with Gasteiger partial charge >= 0.3 is 0 Å². The number of benzene rings is 2. The van der Waals surface area contributed by atoms with Crippen LogP contribution in [0, 0.1) is 17.5 Å². The molecule has 1 aliphatic carbocycles. The summed E-state index contributed by atoms with van der Waals surface area (Å²) in [6.45, 7) is 0.538. The summed E-state index contributed by atoms with van der Waals surface area (Å²) in [6, 6.07) is 7.83. The summed E-state index contributed by atoms with van der Waals surface area (Å²) in [6.07, 6.45) is 2.90. The van der Waals surface area contributed by atoms with Crippen LogP contribution in [0.3, 0.4) is 0 Å². The molecule has 5 N–H and O–H groups in total. The average molecular weight is 375 g/mol. The molecule has 2 aromatic carbocycles. The van der Waals surface area contributed by atoms with E-state index < -0.39 is 35.3 Å². The molecule has 1 amide bonds. The van der Waals surface area contributed by atoms with Crippen LogP contribution in [0.25, 0.3) is 0 Å². The van der Waals surface area contributed by atoms with Crippen molar-refractivity contribution in [3.05, 3.63) is 76.6 Å². The van der Waals surface area contributed by atoms with Crippen LogP contribution in [0.1, 0.15) is 34.7 Å². The van der Waals surface area contributed by atoms with Crippen molar-refractivity contribution >= 4 is 11.6 Å². The van der Waals surface area contributed by atoms with Crippen LogP contribution in [0.2, 0.25) is 0 Å². The Labute approximate surface area is 155 Å². The second-order valence-corrected chi connectivity index (χ2v) is 6.66. The zero-order valence-corrected chi connectivity index (χ0v) is 14.5. The summed E-state index contributed by atoms with van der Waals surface area (Å²) >= 11 is 0. The Morgan fingerprint density at radius 1 is 1.07 bits per heavy atom. The number of hydrogen-bond acceptors (Lipinski definition) is 3. The summed E-state index contributed by atoms with van der Waals surface area (Å²) in [7, 11) is 0. The van der Waals surface area contributed by atoms with E-state index in [4.69, 9.17) is 11.5 Å². The first-order valence-corrected chi connectivity index (χ1v) is 8.57. The number of carbonyl (C=O) groups excluding carboxylic acids is 1. The molecule has 7 heteroatoms. The van der Waals surface area contributed by atoms with E-state index in [0.29, 0.717) is 31.0 Å². The van der Waals surface area contributed by atoms with Crippen LogP contribution in [0.5, 0.6) is 0 Å². The molecule has 142 valence electrons. The highest BCUT2D eigenvalue weighted by atomic mass is 19.2. The second kappa shape index (κ2) is 7.84. The molecule has 0 bridgehead atoms. The first-order chi connectivity index (χ1) is 12.8. The Hall–Kier alpha value is -2.80. The molecule has 0 heterocycles. The standard InChI is InChI=1S/C20H20F3N3O/c21-16-9-18(23)17(22)8-15(16)14-6-1-11(7-19(14)24)10-26-13-4-2-12(3-5-13)20(25)27/h1-5,8-9,14,19,26H,6-7,10,24H2,(H2,25,27)/t14-,19+/m0/s1. The fourth-order valence-electron chi connectivity index (χ4n) is 3.29. The molecule has 0 radical (unpaired) electrons. The fraction of sp³-hybridized carbons (Fsp3) is 0.250. The predicted octanol–water partition coefficient (Wildman–Crippen LogP) is 3.45. The quantitative estimate of drug-likeness (QED) is 0.553. The van der Waals surface area contributed by atoms with Crippen molar-refractivity contribution < 1.29 is 18.0 Å². The lowest BCUT2D eigenvalue weighted by molar-refractivity contribution is 0.100. The lowest BCUT2D eigenvalue weighted by atomic mass is 9.80. The van der Waals surface area contributed by atoms with Crippen molar-refractivity contribution in [2.45, 2.75) is 24.8 Å². The summed E-state index contributed by atoms with van der Waals surface area (Å²) in [4.78, 5) is 11.1. The van der Waals surface area contributed by atoms with Gasteiger partial charge < -0.3 is 16.8 Å². The van der Waals surface area contributed by atoms with Gasteiger partial charge in [-0.15, -0.1) is 0 Å². The minimum Gasteiger partial charge on any atom is -0.381 e. The van der Waals surface area contributed by atoms with Crippen LogP contribution in [-0.4, -0.2) is 18.5 Å². The Kier molecular flexibility index (Phi) is 5.51. The van der Waals surface area contributed by atoms with Crippen molar-refractivity contribution in [1.82, 2.24) is 0 Å². The Morgan fingerprint density at radius 2 is 1.74 bits per heavy atom. The van der Waals surface area contributed by atoms with Crippen molar-refractivity contribution in [2.24, 2.45) is 11.5 Å². The fourth-order valence-corrected chi connectivity index (χ4v) is 3.29. The smallest absolute Gasteiger partial charge is 0.248 e. The summed E-state index contributed by atoms with van der Waals surface area (Å²) in [5.74, 6) is -3.95. The molecule has 2 aromatic rings. The van der Waals surface area contributed by atoms with Crippen LogP contribution in [0.15, 0.2) is 48.0 Å². The molecule has 0 unspecified atom stereocenters. The molecule has 0 aliphatic heterocycles. The largest absolute Gasteiger partial charge is 0.381 e. The van der Waals surface area contributed by atoms with Crippen molar-refractivity contribution in [2.75, 3.05) is 11.9 Å². The van der Waals surface area contributed by atoms with E-state index in [0.717, 1.165) is 17.3 Å². The highest BCUT2D eigenvalue weighted by Gasteiger charge is 2.27. The Balaban J connectivity index is 1.65. The monoisotopic (exact) mass is 375 g/mol. The van der Waals surface area contributed by atoms with Crippen molar-refractivity contribution in [3.63, 3.8) is 0 Å². The zero-order chi connectivity index (χ0) is 19.6. The van der Waals surface area contributed by atoms with Gasteiger partial charge in [0.05, 0.1) is 0 Å². The first kappa shape index (κ1) is 19.0. The van der Waals surface area contributed by atoms with Crippen LogP contribution < -0.4 is 16.8 Å². The normalized spacial score (nSPS) is 19.5. The Morgan fingerprint density at radius 3 is 2.37 bits per heavy atom. The molecular formula is C20H20F3N3O. The maximum atomic E-state index is 14.0. The molecule has 0 fully saturated rings. The van der Waals surface area contributed by atoms with Gasteiger partial charge in [-0.1, -0.05) is 11.6 Å². The molecule has 3 rings (SSSR count). The number of allylic oxidation sites excluding steroid dienone is 1. The third-order valence-corrected chi connectivity index (χ3v) is 4.80. The van der Waals surface area contributed by atoms with Gasteiger partial charge in [0.15, 0.2) is 11.6 Å². The van der Waals surface area contributed by atoms with Gasteiger partial charge in [-0.3, -0.25) is 4.79 Å².